The first-order valence-electron chi connectivity index (χ1n) is 9.85. The fraction of sp³-hybridized carbons (Fsp3) is 0.273. The SMILES string of the molecule is Cc1nc(-c2cccnc2)sc1C(=O)N1CCCC(C(=O)Nc2ccc(F)c(F)c2)C1. The van der Waals surface area contributed by atoms with Crippen LogP contribution in [0.5, 0.6) is 0 Å². The summed E-state index contributed by atoms with van der Waals surface area (Å²) in [5.41, 5.74) is 1.67. The lowest BCUT2D eigenvalue weighted by Gasteiger charge is -2.31. The van der Waals surface area contributed by atoms with Crippen molar-refractivity contribution in [2.24, 2.45) is 5.92 Å². The molecule has 0 spiro atoms. The van der Waals surface area contributed by atoms with Crippen LogP contribution in [-0.2, 0) is 4.79 Å². The summed E-state index contributed by atoms with van der Waals surface area (Å²) in [7, 11) is 0. The quantitative estimate of drug-likeness (QED) is 0.654. The number of benzene rings is 1. The molecule has 1 aromatic carbocycles. The van der Waals surface area contributed by atoms with Crippen LogP contribution in [0.3, 0.4) is 0 Å². The number of rotatable bonds is 4. The molecule has 1 aliphatic heterocycles. The van der Waals surface area contributed by atoms with E-state index in [1.54, 1.807) is 24.2 Å². The average Bonchev–Trinajstić information content (AvgIpc) is 3.18. The number of carbonyl (C=O) groups is 2. The Kier molecular flexibility index (Phi) is 6.03. The molecule has 2 aromatic heterocycles. The van der Waals surface area contributed by atoms with E-state index in [4.69, 9.17) is 0 Å². The maximum absolute atomic E-state index is 13.4. The molecule has 0 saturated carbocycles. The zero-order valence-electron chi connectivity index (χ0n) is 16.8. The third kappa shape index (κ3) is 4.61. The summed E-state index contributed by atoms with van der Waals surface area (Å²) in [6, 6.07) is 6.92. The second kappa shape index (κ2) is 8.89. The highest BCUT2D eigenvalue weighted by Crippen LogP contribution is 2.30. The van der Waals surface area contributed by atoms with E-state index in [0.717, 1.165) is 22.7 Å². The number of aryl methyl sites for hydroxylation is 1. The predicted octanol–water partition coefficient (Wildman–Crippen LogP) is 4.28. The summed E-state index contributed by atoms with van der Waals surface area (Å²) < 4.78 is 26.5. The number of halogens is 2. The zero-order valence-corrected chi connectivity index (χ0v) is 17.6. The van der Waals surface area contributed by atoms with Gasteiger partial charge in [-0.3, -0.25) is 14.6 Å². The molecular weight excluding hydrogens is 422 g/mol. The van der Waals surface area contributed by atoms with Crippen LogP contribution >= 0.6 is 11.3 Å². The number of likely N-dealkylation sites (tertiary alicyclic amines) is 1. The van der Waals surface area contributed by atoms with Gasteiger partial charge in [0.2, 0.25) is 5.91 Å². The molecule has 1 saturated heterocycles. The topological polar surface area (TPSA) is 75.2 Å². The Morgan fingerprint density at radius 3 is 2.81 bits per heavy atom. The van der Waals surface area contributed by atoms with Gasteiger partial charge in [-0.15, -0.1) is 11.3 Å². The van der Waals surface area contributed by atoms with Crippen molar-refractivity contribution < 1.29 is 18.4 Å². The van der Waals surface area contributed by atoms with Gasteiger partial charge in [-0.05, 0) is 44.0 Å². The second-order valence-electron chi connectivity index (χ2n) is 7.38. The Hall–Kier alpha value is -3.20. The Labute approximate surface area is 182 Å². The summed E-state index contributed by atoms with van der Waals surface area (Å²) in [6.07, 6.45) is 4.66. The molecule has 6 nitrogen and oxygen atoms in total. The minimum Gasteiger partial charge on any atom is -0.337 e. The molecule has 31 heavy (non-hydrogen) atoms. The van der Waals surface area contributed by atoms with E-state index in [-0.39, 0.29) is 24.0 Å². The van der Waals surface area contributed by atoms with Crippen molar-refractivity contribution >= 4 is 28.8 Å². The molecule has 3 aromatic rings. The van der Waals surface area contributed by atoms with Gasteiger partial charge in [-0.1, -0.05) is 0 Å². The number of aromatic nitrogens is 2. The predicted molar refractivity (Wildman–Crippen MR) is 114 cm³/mol. The van der Waals surface area contributed by atoms with Crippen molar-refractivity contribution in [3.8, 4) is 10.6 Å². The van der Waals surface area contributed by atoms with Crippen LogP contribution in [0, 0.1) is 24.5 Å². The summed E-state index contributed by atoms with van der Waals surface area (Å²) in [6.45, 7) is 2.60. The van der Waals surface area contributed by atoms with Gasteiger partial charge in [0.1, 0.15) is 9.88 Å². The number of nitrogens with zero attached hydrogens (tertiary/aromatic N) is 3. The van der Waals surface area contributed by atoms with Gasteiger partial charge >= 0.3 is 0 Å². The van der Waals surface area contributed by atoms with Gasteiger partial charge in [0.05, 0.1) is 11.6 Å². The maximum atomic E-state index is 13.4. The number of nitrogens with one attached hydrogen (secondary N) is 1. The molecule has 0 aliphatic carbocycles. The van der Waals surface area contributed by atoms with Crippen LogP contribution in [0.1, 0.15) is 28.2 Å². The van der Waals surface area contributed by atoms with E-state index in [1.165, 1.54) is 17.4 Å². The van der Waals surface area contributed by atoms with Gasteiger partial charge in [-0.25, -0.2) is 13.8 Å². The molecule has 1 N–H and O–H groups in total. The number of carbonyl (C=O) groups excluding carboxylic acids is 2. The van der Waals surface area contributed by atoms with Crippen molar-refractivity contribution in [3.05, 3.63) is 64.9 Å². The van der Waals surface area contributed by atoms with Crippen molar-refractivity contribution in [2.75, 3.05) is 18.4 Å². The summed E-state index contributed by atoms with van der Waals surface area (Å²) in [5, 5.41) is 3.34. The molecule has 160 valence electrons. The first-order chi connectivity index (χ1) is 14.9. The summed E-state index contributed by atoms with van der Waals surface area (Å²) in [4.78, 5) is 36.6. The standard InChI is InChI=1S/C22H20F2N4O2S/c1-13-19(31-21(26-13)14-4-2-8-25-11-14)22(30)28-9-3-5-15(12-28)20(29)27-16-6-7-17(23)18(24)10-16/h2,4,6-8,10-11,15H,3,5,9,12H2,1H3,(H,27,29). The van der Waals surface area contributed by atoms with Crippen molar-refractivity contribution in [3.63, 3.8) is 0 Å². The number of hydrogen-bond acceptors (Lipinski definition) is 5. The van der Waals surface area contributed by atoms with Gasteiger partial charge in [-0.2, -0.15) is 0 Å². The highest BCUT2D eigenvalue weighted by Gasteiger charge is 2.31. The average molecular weight is 442 g/mol. The molecule has 1 fully saturated rings. The molecular formula is C22H20F2N4O2S. The molecule has 0 bridgehead atoms. The minimum absolute atomic E-state index is 0.157. The second-order valence-corrected chi connectivity index (χ2v) is 8.38. The largest absolute Gasteiger partial charge is 0.337 e. The third-order valence-electron chi connectivity index (χ3n) is 5.17. The number of hydrogen-bond donors (Lipinski definition) is 1. The first-order valence-corrected chi connectivity index (χ1v) is 10.7. The van der Waals surface area contributed by atoms with Gasteiger partial charge in [0, 0.05) is 42.8 Å². The maximum Gasteiger partial charge on any atom is 0.265 e. The highest BCUT2D eigenvalue weighted by molar-refractivity contribution is 7.17. The Morgan fingerprint density at radius 2 is 2.06 bits per heavy atom. The van der Waals surface area contributed by atoms with E-state index in [2.05, 4.69) is 15.3 Å². The number of thiazole rings is 1. The van der Waals surface area contributed by atoms with E-state index in [9.17, 15) is 18.4 Å². The Bertz CT molecular complexity index is 1120. The normalized spacial score (nSPS) is 16.2. The molecule has 4 rings (SSSR count). The van der Waals surface area contributed by atoms with Crippen molar-refractivity contribution in [1.82, 2.24) is 14.9 Å². The lowest BCUT2D eigenvalue weighted by Crippen LogP contribution is -2.43. The molecule has 1 aliphatic rings. The van der Waals surface area contributed by atoms with Gasteiger partial charge in [0.25, 0.3) is 5.91 Å². The number of anilines is 1. The molecule has 1 unspecified atom stereocenters. The molecule has 1 atom stereocenters. The smallest absolute Gasteiger partial charge is 0.265 e. The number of amides is 2. The van der Waals surface area contributed by atoms with E-state index in [0.29, 0.717) is 30.0 Å². The molecule has 0 radical (unpaired) electrons. The van der Waals surface area contributed by atoms with Gasteiger partial charge < -0.3 is 10.2 Å². The van der Waals surface area contributed by atoms with Crippen LogP contribution in [0.25, 0.3) is 10.6 Å². The Balaban J connectivity index is 1.45. The lowest BCUT2D eigenvalue weighted by molar-refractivity contribution is -0.121. The van der Waals surface area contributed by atoms with Crippen LogP contribution in [0.15, 0.2) is 42.7 Å². The van der Waals surface area contributed by atoms with Crippen molar-refractivity contribution in [1.29, 1.82) is 0 Å². The fourth-order valence-electron chi connectivity index (χ4n) is 3.55. The fourth-order valence-corrected chi connectivity index (χ4v) is 4.57. The van der Waals surface area contributed by atoms with E-state index < -0.39 is 17.6 Å². The molecule has 9 heteroatoms. The van der Waals surface area contributed by atoms with E-state index in [1.807, 2.05) is 12.1 Å². The van der Waals surface area contributed by atoms with E-state index >= 15 is 0 Å². The number of pyridine rings is 1. The van der Waals surface area contributed by atoms with Gasteiger partial charge in [0.15, 0.2) is 11.6 Å². The van der Waals surface area contributed by atoms with Crippen LogP contribution in [0.2, 0.25) is 0 Å². The zero-order chi connectivity index (χ0) is 22.0. The number of piperidine rings is 1. The summed E-state index contributed by atoms with van der Waals surface area (Å²) >= 11 is 1.31. The monoisotopic (exact) mass is 442 g/mol. The third-order valence-corrected chi connectivity index (χ3v) is 6.36. The van der Waals surface area contributed by atoms with Crippen molar-refractivity contribution in [2.45, 2.75) is 19.8 Å². The van der Waals surface area contributed by atoms with Crippen LogP contribution in [0.4, 0.5) is 14.5 Å². The van der Waals surface area contributed by atoms with Crippen LogP contribution in [-0.4, -0.2) is 39.8 Å². The molecule has 3 heterocycles. The Morgan fingerprint density at radius 1 is 1.23 bits per heavy atom. The molecule has 2 amide bonds. The first kappa shape index (κ1) is 21.0. The summed E-state index contributed by atoms with van der Waals surface area (Å²) in [5.74, 6) is -2.91. The highest BCUT2D eigenvalue weighted by atomic mass is 32.1. The lowest BCUT2D eigenvalue weighted by atomic mass is 9.96. The van der Waals surface area contributed by atoms with Crippen LogP contribution < -0.4 is 5.32 Å². The minimum atomic E-state index is -1.02.